The molecule has 0 saturated heterocycles. The smallest absolute Gasteiger partial charge is 0.233 e. The number of hydrogen-bond acceptors (Lipinski definition) is 4. The normalized spacial score (nSPS) is 10.2. The van der Waals surface area contributed by atoms with Crippen LogP contribution in [-0.2, 0) is 0 Å². The van der Waals surface area contributed by atoms with Gasteiger partial charge in [0.25, 0.3) is 0 Å². The molecule has 0 aliphatic rings. The molecule has 0 bridgehead atoms. The number of benzene rings is 1. The minimum Gasteiger partial charge on any atom is -0.477 e. The van der Waals surface area contributed by atoms with Crippen LogP contribution in [0.1, 0.15) is 6.42 Å². The Labute approximate surface area is 99.9 Å². The van der Waals surface area contributed by atoms with Crippen LogP contribution in [0.4, 0.5) is 0 Å². The van der Waals surface area contributed by atoms with E-state index in [9.17, 15) is 0 Å². The Morgan fingerprint density at radius 2 is 1.82 bits per heavy atom. The standard InChI is InChI=1S/C13H14N2O2/c16-9-4-10-17-13-8-7-12(14-15-13)11-5-2-1-3-6-11/h1-3,5-8,16H,4,9-10H2. The average molecular weight is 230 g/mol. The van der Waals surface area contributed by atoms with E-state index in [4.69, 9.17) is 9.84 Å². The number of hydrogen-bond donors (Lipinski definition) is 1. The van der Waals surface area contributed by atoms with Gasteiger partial charge < -0.3 is 9.84 Å². The summed E-state index contributed by atoms with van der Waals surface area (Å²) in [7, 11) is 0. The molecule has 0 unspecified atom stereocenters. The highest BCUT2D eigenvalue weighted by atomic mass is 16.5. The molecular weight excluding hydrogens is 216 g/mol. The van der Waals surface area contributed by atoms with Crippen molar-refractivity contribution in [3.05, 3.63) is 42.5 Å². The first-order valence-electron chi connectivity index (χ1n) is 5.53. The van der Waals surface area contributed by atoms with E-state index < -0.39 is 0 Å². The quantitative estimate of drug-likeness (QED) is 0.797. The Bertz CT molecular complexity index is 443. The number of aromatic nitrogens is 2. The summed E-state index contributed by atoms with van der Waals surface area (Å²) in [5.41, 5.74) is 1.85. The van der Waals surface area contributed by atoms with E-state index in [0.29, 0.717) is 18.9 Å². The monoisotopic (exact) mass is 230 g/mol. The first kappa shape index (κ1) is 11.5. The second kappa shape index (κ2) is 5.96. The lowest BCUT2D eigenvalue weighted by atomic mass is 10.1. The molecule has 1 aromatic carbocycles. The van der Waals surface area contributed by atoms with Gasteiger partial charge in [-0.15, -0.1) is 10.2 Å². The molecule has 1 aromatic heterocycles. The van der Waals surface area contributed by atoms with Crippen molar-refractivity contribution >= 4 is 0 Å². The van der Waals surface area contributed by atoms with E-state index in [1.54, 1.807) is 6.07 Å². The largest absolute Gasteiger partial charge is 0.477 e. The van der Waals surface area contributed by atoms with Crippen molar-refractivity contribution in [2.45, 2.75) is 6.42 Å². The molecule has 2 rings (SSSR count). The van der Waals surface area contributed by atoms with Gasteiger partial charge in [-0.05, 0) is 6.07 Å². The molecule has 0 radical (unpaired) electrons. The van der Waals surface area contributed by atoms with Gasteiger partial charge in [0.05, 0.1) is 12.3 Å². The van der Waals surface area contributed by atoms with Crippen LogP contribution in [0.5, 0.6) is 5.88 Å². The van der Waals surface area contributed by atoms with Crippen molar-refractivity contribution in [3.63, 3.8) is 0 Å². The Balaban J connectivity index is 2.03. The molecule has 88 valence electrons. The lowest BCUT2D eigenvalue weighted by molar-refractivity contribution is 0.228. The SMILES string of the molecule is OCCCOc1ccc(-c2ccccc2)nn1. The van der Waals surface area contributed by atoms with Gasteiger partial charge in [0.15, 0.2) is 0 Å². The number of rotatable bonds is 5. The third-order valence-corrected chi connectivity index (χ3v) is 2.26. The molecular formula is C13H14N2O2. The van der Waals surface area contributed by atoms with E-state index >= 15 is 0 Å². The van der Waals surface area contributed by atoms with E-state index in [0.717, 1.165) is 11.3 Å². The number of ether oxygens (including phenoxy) is 1. The van der Waals surface area contributed by atoms with Crippen LogP contribution < -0.4 is 4.74 Å². The molecule has 1 heterocycles. The first-order chi connectivity index (χ1) is 8.40. The topological polar surface area (TPSA) is 55.2 Å². The van der Waals surface area contributed by atoms with E-state index in [1.807, 2.05) is 36.4 Å². The molecule has 0 spiro atoms. The first-order valence-corrected chi connectivity index (χ1v) is 5.53. The van der Waals surface area contributed by atoms with Crippen LogP contribution >= 0.6 is 0 Å². The van der Waals surface area contributed by atoms with Gasteiger partial charge in [-0.2, -0.15) is 0 Å². The molecule has 0 aliphatic carbocycles. The zero-order valence-electron chi connectivity index (χ0n) is 9.41. The third-order valence-electron chi connectivity index (χ3n) is 2.26. The van der Waals surface area contributed by atoms with Crippen LogP contribution in [0.15, 0.2) is 42.5 Å². The van der Waals surface area contributed by atoms with Gasteiger partial charge in [-0.25, -0.2) is 0 Å². The van der Waals surface area contributed by atoms with Crippen molar-refractivity contribution < 1.29 is 9.84 Å². The minimum atomic E-state index is 0.121. The maximum Gasteiger partial charge on any atom is 0.233 e. The fourth-order valence-electron chi connectivity index (χ4n) is 1.40. The number of aliphatic hydroxyl groups is 1. The van der Waals surface area contributed by atoms with Crippen LogP contribution in [0.2, 0.25) is 0 Å². The summed E-state index contributed by atoms with van der Waals surface area (Å²) in [4.78, 5) is 0. The van der Waals surface area contributed by atoms with Gasteiger partial charge in [-0.3, -0.25) is 0 Å². The highest BCUT2D eigenvalue weighted by Crippen LogP contribution is 2.16. The Morgan fingerprint density at radius 1 is 1.00 bits per heavy atom. The molecule has 0 atom stereocenters. The zero-order valence-corrected chi connectivity index (χ0v) is 9.41. The molecule has 1 N–H and O–H groups in total. The molecule has 17 heavy (non-hydrogen) atoms. The van der Waals surface area contributed by atoms with Crippen molar-refractivity contribution in [2.75, 3.05) is 13.2 Å². The van der Waals surface area contributed by atoms with Gasteiger partial charge in [0.1, 0.15) is 0 Å². The number of nitrogens with zero attached hydrogens (tertiary/aromatic N) is 2. The average Bonchev–Trinajstić information content (AvgIpc) is 2.41. The van der Waals surface area contributed by atoms with E-state index in [-0.39, 0.29) is 6.61 Å². The summed E-state index contributed by atoms with van der Waals surface area (Å²) in [6.45, 7) is 0.575. The van der Waals surface area contributed by atoms with Crippen molar-refractivity contribution in [1.82, 2.24) is 10.2 Å². The maximum atomic E-state index is 8.62. The molecule has 4 heteroatoms. The lowest BCUT2D eigenvalue weighted by Crippen LogP contribution is -2.02. The summed E-state index contributed by atoms with van der Waals surface area (Å²) in [6, 6.07) is 13.5. The minimum absolute atomic E-state index is 0.121. The fraction of sp³-hybridized carbons (Fsp3) is 0.231. The van der Waals surface area contributed by atoms with Gasteiger partial charge >= 0.3 is 0 Å². The third kappa shape index (κ3) is 3.26. The number of aliphatic hydroxyl groups excluding tert-OH is 1. The summed E-state index contributed by atoms with van der Waals surface area (Å²) in [5.74, 6) is 0.484. The zero-order chi connectivity index (χ0) is 11.9. The molecule has 4 nitrogen and oxygen atoms in total. The van der Waals surface area contributed by atoms with Crippen LogP contribution in [0.25, 0.3) is 11.3 Å². The molecule has 0 amide bonds. The Kier molecular flexibility index (Phi) is 4.05. The molecule has 0 aliphatic heterocycles. The van der Waals surface area contributed by atoms with Crippen molar-refractivity contribution in [2.24, 2.45) is 0 Å². The van der Waals surface area contributed by atoms with Gasteiger partial charge in [0.2, 0.25) is 5.88 Å². The van der Waals surface area contributed by atoms with Crippen LogP contribution in [0.3, 0.4) is 0 Å². The molecule has 2 aromatic rings. The summed E-state index contributed by atoms with van der Waals surface area (Å²) in [6.07, 6.45) is 0.599. The second-order valence-electron chi connectivity index (χ2n) is 3.55. The second-order valence-corrected chi connectivity index (χ2v) is 3.55. The fourth-order valence-corrected chi connectivity index (χ4v) is 1.40. The van der Waals surface area contributed by atoms with Gasteiger partial charge in [0, 0.05) is 24.7 Å². The predicted molar refractivity (Wildman–Crippen MR) is 64.7 cm³/mol. The Morgan fingerprint density at radius 3 is 2.47 bits per heavy atom. The van der Waals surface area contributed by atoms with Crippen molar-refractivity contribution in [1.29, 1.82) is 0 Å². The van der Waals surface area contributed by atoms with E-state index in [2.05, 4.69) is 10.2 Å². The van der Waals surface area contributed by atoms with E-state index in [1.165, 1.54) is 0 Å². The summed E-state index contributed by atoms with van der Waals surface area (Å²) in [5, 5.41) is 16.7. The van der Waals surface area contributed by atoms with Crippen LogP contribution in [0, 0.1) is 0 Å². The summed E-state index contributed by atoms with van der Waals surface area (Å²) < 4.78 is 5.30. The maximum absolute atomic E-state index is 8.62. The van der Waals surface area contributed by atoms with Gasteiger partial charge in [-0.1, -0.05) is 30.3 Å². The highest BCUT2D eigenvalue weighted by Gasteiger charge is 2.00. The Hall–Kier alpha value is -1.94. The van der Waals surface area contributed by atoms with Crippen molar-refractivity contribution in [3.8, 4) is 17.1 Å². The molecule has 0 fully saturated rings. The predicted octanol–water partition coefficient (Wildman–Crippen LogP) is 1.90. The highest BCUT2D eigenvalue weighted by molar-refractivity contribution is 5.58. The molecule has 0 saturated carbocycles. The lowest BCUT2D eigenvalue weighted by Gasteiger charge is -2.04. The van der Waals surface area contributed by atoms with Crippen LogP contribution in [-0.4, -0.2) is 28.5 Å². The summed E-state index contributed by atoms with van der Waals surface area (Å²) >= 11 is 0.